The second kappa shape index (κ2) is 7.36. The number of hydrogen-bond acceptors (Lipinski definition) is 4. The number of nitrogens with zero attached hydrogens (tertiary/aromatic N) is 3. The highest BCUT2D eigenvalue weighted by molar-refractivity contribution is 9.10. The quantitative estimate of drug-likeness (QED) is 0.857. The van der Waals surface area contributed by atoms with Crippen LogP contribution in [0.4, 0.5) is 16.2 Å². The van der Waals surface area contributed by atoms with Crippen LogP contribution in [0.1, 0.15) is 18.9 Å². The summed E-state index contributed by atoms with van der Waals surface area (Å²) in [5.41, 5.74) is 1.07. The van der Waals surface area contributed by atoms with Crippen molar-refractivity contribution < 1.29 is 4.39 Å². The Balaban J connectivity index is 2.18. The van der Waals surface area contributed by atoms with Gasteiger partial charge < -0.3 is 10.2 Å². The molecule has 2 rings (SSSR count). The van der Waals surface area contributed by atoms with Gasteiger partial charge in [-0.2, -0.15) is 4.98 Å². The molecule has 2 aromatic rings. The molecule has 0 radical (unpaired) electrons. The van der Waals surface area contributed by atoms with Crippen molar-refractivity contribution >= 4 is 27.7 Å². The molecule has 0 bridgehead atoms. The van der Waals surface area contributed by atoms with Crippen LogP contribution >= 0.6 is 15.9 Å². The van der Waals surface area contributed by atoms with E-state index in [1.807, 2.05) is 31.3 Å². The van der Waals surface area contributed by atoms with Crippen LogP contribution in [0.2, 0.25) is 0 Å². The van der Waals surface area contributed by atoms with Crippen molar-refractivity contribution in [2.45, 2.75) is 19.9 Å². The van der Waals surface area contributed by atoms with Crippen LogP contribution in [-0.4, -0.2) is 23.6 Å². The molecule has 0 aliphatic heterocycles. The van der Waals surface area contributed by atoms with Crippen LogP contribution in [0, 0.1) is 5.82 Å². The minimum absolute atomic E-state index is 0.291. The Morgan fingerprint density at radius 2 is 2.10 bits per heavy atom. The number of halogens is 2. The summed E-state index contributed by atoms with van der Waals surface area (Å²) in [6.07, 6.45) is 2.17. The lowest BCUT2D eigenvalue weighted by Crippen LogP contribution is -2.20. The first kappa shape index (κ1) is 15.7. The lowest BCUT2D eigenvalue weighted by Gasteiger charge is -2.20. The van der Waals surface area contributed by atoms with Crippen LogP contribution in [-0.2, 0) is 6.54 Å². The summed E-state index contributed by atoms with van der Waals surface area (Å²) < 4.78 is 14.9. The molecule has 0 amide bonds. The highest BCUT2D eigenvalue weighted by Crippen LogP contribution is 2.22. The molecule has 0 fully saturated rings. The molecule has 0 aliphatic rings. The largest absolute Gasteiger partial charge is 0.354 e. The van der Waals surface area contributed by atoms with E-state index in [1.54, 1.807) is 4.90 Å². The van der Waals surface area contributed by atoms with Gasteiger partial charge >= 0.3 is 0 Å². The Labute approximate surface area is 132 Å². The lowest BCUT2D eigenvalue weighted by atomic mass is 10.2. The molecule has 0 unspecified atom stereocenters. The third-order valence-electron chi connectivity index (χ3n) is 2.99. The van der Waals surface area contributed by atoms with E-state index in [9.17, 15) is 4.39 Å². The Morgan fingerprint density at radius 1 is 1.33 bits per heavy atom. The molecular weight excluding hydrogens is 335 g/mol. The molecule has 1 aromatic heterocycles. The second-order valence-electron chi connectivity index (χ2n) is 4.74. The molecule has 0 spiro atoms. The molecule has 0 saturated carbocycles. The molecule has 4 nitrogen and oxygen atoms in total. The number of nitrogens with one attached hydrogen (secondary N) is 1. The van der Waals surface area contributed by atoms with Gasteiger partial charge in [-0.15, -0.1) is 0 Å². The van der Waals surface area contributed by atoms with Gasteiger partial charge in [-0.05, 0) is 18.1 Å². The van der Waals surface area contributed by atoms with E-state index in [4.69, 9.17) is 0 Å². The highest BCUT2D eigenvalue weighted by Gasteiger charge is 2.13. The van der Waals surface area contributed by atoms with E-state index >= 15 is 0 Å². The van der Waals surface area contributed by atoms with Crippen molar-refractivity contribution in [2.75, 3.05) is 23.8 Å². The summed E-state index contributed by atoms with van der Waals surface area (Å²) in [6, 6.07) is 7.87. The summed E-state index contributed by atoms with van der Waals surface area (Å²) in [4.78, 5) is 9.97. The van der Waals surface area contributed by atoms with Crippen molar-refractivity contribution in [1.29, 1.82) is 0 Å². The molecule has 0 atom stereocenters. The van der Waals surface area contributed by atoms with Crippen molar-refractivity contribution in [2.24, 2.45) is 0 Å². The van der Waals surface area contributed by atoms with Crippen LogP contribution in [0.25, 0.3) is 0 Å². The minimum atomic E-state index is -0.424. The maximum absolute atomic E-state index is 13.9. The zero-order valence-corrected chi connectivity index (χ0v) is 13.7. The zero-order chi connectivity index (χ0) is 15.2. The second-order valence-corrected chi connectivity index (χ2v) is 5.59. The molecule has 1 heterocycles. The number of aromatic nitrogens is 2. The molecule has 6 heteroatoms. The van der Waals surface area contributed by atoms with Gasteiger partial charge in [0, 0.05) is 24.6 Å². The van der Waals surface area contributed by atoms with Crippen LogP contribution in [0.15, 0.2) is 34.9 Å². The smallest absolute Gasteiger partial charge is 0.224 e. The third kappa shape index (κ3) is 4.14. The number of hydrogen-bond donors (Lipinski definition) is 1. The summed E-state index contributed by atoms with van der Waals surface area (Å²) in [5, 5.41) is 3.07. The average Bonchev–Trinajstić information content (AvgIpc) is 2.48. The SMILES string of the molecule is CCCNc1ncc(F)c(N(C)Cc2ccccc2Br)n1. The van der Waals surface area contributed by atoms with Gasteiger partial charge in [-0.3, -0.25) is 0 Å². The number of anilines is 2. The standard InChI is InChI=1S/C15H18BrFN4/c1-3-8-18-15-19-9-13(17)14(20-15)21(2)10-11-6-4-5-7-12(11)16/h4-7,9H,3,8,10H2,1-2H3,(H,18,19,20). The van der Waals surface area contributed by atoms with Gasteiger partial charge in [0.25, 0.3) is 0 Å². The fourth-order valence-electron chi connectivity index (χ4n) is 1.90. The monoisotopic (exact) mass is 352 g/mol. The summed E-state index contributed by atoms with van der Waals surface area (Å²) >= 11 is 3.50. The molecule has 21 heavy (non-hydrogen) atoms. The van der Waals surface area contributed by atoms with Gasteiger partial charge in [0.15, 0.2) is 11.6 Å². The molecule has 1 N–H and O–H groups in total. The maximum atomic E-state index is 13.9. The predicted octanol–water partition coefficient (Wildman–Crippen LogP) is 3.84. The first-order valence-electron chi connectivity index (χ1n) is 6.82. The third-order valence-corrected chi connectivity index (χ3v) is 3.76. The van der Waals surface area contributed by atoms with Crippen LogP contribution in [0.5, 0.6) is 0 Å². The number of rotatable bonds is 6. The van der Waals surface area contributed by atoms with E-state index in [0.717, 1.165) is 23.0 Å². The normalized spacial score (nSPS) is 10.5. The average molecular weight is 353 g/mol. The first-order valence-corrected chi connectivity index (χ1v) is 7.62. The summed E-state index contributed by atoms with van der Waals surface area (Å²) in [6.45, 7) is 3.37. The molecule has 0 aliphatic carbocycles. The van der Waals surface area contributed by atoms with Crippen LogP contribution < -0.4 is 10.2 Å². The Bertz CT molecular complexity index is 606. The summed E-state index contributed by atoms with van der Waals surface area (Å²) in [5.74, 6) is 0.318. The molecule has 1 aromatic carbocycles. The molecular formula is C15H18BrFN4. The summed E-state index contributed by atoms with van der Waals surface area (Å²) in [7, 11) is 1.81. The van der Waals surface area contributed by atoms with E-state index in [-0.39, 0.29) is 0 Å². The van der Waals surface area contributed by atoms with Gasteiger partial charge in [0.2, 0.25) is 5.95 Å². The van der Waals surface area contributed by atoms with Gasteiger partial charge in [0.05, 0.1) is 6.20 Å². The van der Waals surface area contributed by atoms with E-state index < -0.39 is 5.82 Å². The first-order chi connectivity index (χ1) is 10.1. The van der Waals surface area contributed by atoms with Gasteiger partial charge in [-0.25, -0.2) is 9.37 Å². The van der Waals surface area contributed by atoms with Crippen molar-refractivity contribution in [3.05, 3.63) is 46.3 Å². The van der Waals surface area contributed by atoms with Crippen LogP contribution in [0.3, 0.4) is 0 Å². The zero-order valence-electron chi connectivity index (χ0n) is 12.1. The fourth-order valence-corrected chi connectivity index (χ4v) is 2.31. The minimum Gasteiger partial charge on any atom is -0.354 e. The van der Waals surface area contributed by atoms with E-state index in [2.05, 4.69) is 38.1 Å². The number of benzene rings is 1. The lowest BCUT2D eigenvalue weighted by molar-refractivity contribution is 0.607. The maximum Gasteiger partial charge on any atom is 0.224 e. The molecule has 112 valence electrons. The Hall–Kier alpha value is -1.69. The Morgan fingerprint density at radius 3 is 2.81 bits per heavy atom. The van der Waals surface area contributed by atoms with E-state index in [0.29, 0.717) is 18.3 Å². The fraction of sp³-hybridized carbons (Fsp3) is 0.333. The highest BCUT2D eigenvalue weighted by atomic mass is 79.9. The topological polar surface area (TPSA) is 41.1 Å². The predicted molar refractivity (Wildman–Crippen MR) is 87.0 cm³/mol. The van der Waals surface area contributed by atoms with Gasteiger partial charge in [-0.1, -0.05) is 41.1 Å². The Kier molecular flexibility index (Phi) is 5.50. The van der Waals surface area contributed by atoms with Crippen molar-refractivity contribution in [3.63, 3.8) is 0 Å². The van der Waals surface area contributed by atoms with E-state index in [1.165, 1.54) is 6.20 Å². The van der Waals surface area contributed by atoms with Crippen molar-refractivity contribution in [1.82, 2.24) is 9.97 Å². The molecule has 0 saturated heterocycles. The van der Waals surface area contributed by atoms with Crippen molar-refractivity contribution in [3.8, 4) is 0 Å². The van der Waals surface area contributed by atoms with Gasteiger partial charge in [0.1, 0.15) is 0 Å².